The van der Waals surface area contributed by atoms with Gasteiger partial charge in [-0.05, 0) is 48.0 Å². The van der Waals surface area contributed by atoms with Crippen LogP contribution in [0, 0.1) is 0 Å². The van der Waals surface area contributed by atoms with E-state index >= 15 is 0 Å². The molecule has 2 heterocycles. The minimum absolute atomic E-state index is 0.181. The Balaban J connectivity index is 1.70. The van der Waals surface area contributed by atoms with Gasteiger partial charge in [0.05, 0.1) is 17.7 Å². The normalized spacial score (nSPS) is 13.0. The summed E-state index contributed by atoms with van der Waals surface area (Å²) in [5, 5.41) is 10.4. The number of aromatic hydroxyl groups is 1. The number of phenols is 1. The maximum atomic E-state index is 13.9. The van der Waals surface area contributed by atoms with Crippen LogP contribution < -0.4 is 9.80 Å². The second-order valence-corrected chi connectivity index (χ2v) is 7.82. The fourth-order valence-corrected chi connectivity index (χ4v) is 4.10. The molecule has 3 aromatic carbocycles. The highest BCUT2D eigenvalue weighted by Gasteiger charge is 2.34. The molecule has 4 aromatic rings. The van der Waals surface area contributed by atoms with E-state index in [9.17, 15) is 9.90 Å². The summed E-state index contributed by atoms with van der Waals surface area (Å²) in [6.45, 7) is 0.399. The van der Waals surface area contributed by atoms with Crippen LogP contribution >= 0.6 is 11.6 Å². The van der Waals surface area contributed by atoms with E-state index in [0.29, 0.717) is 28.8 Å². The van der Waals surface area contributed by atoms with Gasteiger partial charge >= 0.3 is 0 Å². The van der Waals surface area contributed by atoms with Crippen LogP contribution in [0.5, 0.6) is 5.75 Å². The van der Waals surface area contributed by atoms with Gasteiger partial charge in [0, 0.05) is 24.3 Å². The number of rotatable bonds is 3. The molecular weight excluding hydrogens is 412 g/mol. The van der Waals surface area contributed by atoms with Crippen molar-refractivity contribution in [2.75, 3.05) is 16.8 Å². The molecular formula is C24H19ClN4O2. The summed E-state index contributed by atoms with van der Waals surface area (Å²) in [7, 11) is 1.89. The minimum Gasteiger partial charge on any atom is -0.508 e. The third-order valence-electron chi connectivity index (χ3n) is 5.36. The molecule has 5 rings (SSSR count). The van der Waals surface area contributed by atoms with Crippen molar-refractivity contribution in [1.82, 2.24) is 9.55 Å². The first-order valence-corrected chi connectivity index (χ1v) is 10.2. The van der Waals surface area contributed by atoms with Crippen LogP contribution in [0.25, 0.3) is 0 Å². The van der Waals surface area contributed by atoms with Crippen molar-refractivity contribution in [3.63, 3.8) is 0 Å². The van der Waals surface area contributed by atoms with Crippen molar-refractivity contribution in [3.05, 3.63) is 95.4 Å². The Bertz CT molecular complexity index is 1290. The van der Waals surface area contributed by atoms with Gasteiger partial charge in [0.15, 0.2) is 11.5 Å². The number of hydrogen-bond donors (Lipinski definition) is 1. The van der Waals surface area contributed by atoms with Gasteiger partial charge in [-0.15, -0.1) is 0 Å². The molecule has 31 heavy (non-hydrogen) atoms. The summed E-state index contributed by atoms with van der Waals surface area (Å²) in [4.78, 5) is 22.1. The quantitative estimate of drug-likeness (QED) is 0.476. The molecule has 0 unspecified atom stereocenters. The van der Waals surface area contributed by atoms with E-state index in [0.717, 1.165) is 16.9 Å². The lowest BCUT2D eigenvalue weighted by Crippen LogP contribution is -2.27. The minimum atomic E-state index is -0.202. The van der Waals surface area contributed by atoms with Crippen molar-refractivity contribution in [2.45, 2.75) is 6.54 Å². The van der Waals surface area contributed by atoms with Crippen LogP contribution in [0.1, 0.15) is 16.1 Å². The molecule has 0 bridgehead atoms. The molecule has 0 saturated carbocycles. The topological polar surface area (TPSA) is 61.6 Å². The summed E-state index contributed by atoms with van der Waals surface area (Å²) in [5.74, 6) is 0.541. The number of fused-ring (bicyclic) bond motifs is 2. The first-order valence-electron chi connectivity index (χ1n) is 9.79. The van der Waals surface area contributed by atoms with Crippen molar-refractivity contribution in [3.8, 4) is 5.75 Å². The number of halogens is 1. The molecule has 154 valence electrons. The van der Waals surface area contributed by atoms with Gasteiger partial charge in [-0.3, -0.25) is 9.69 Å². The molecule has 1 aliphatic heterocycles. The van der Waals surface area contributed by atoms with Crippen LogP contribution in [0.3, 0.4) is 0 Å². The van der Waals surface area contributed by atoms with Gasteiger partial charge in [-0.1, -0.05) is 41.9 Å². The van der Waals surface area contributed by atoms with E-state index < -0.39 is 0 Å². The average molecular weight is 431 g/mol. The van der Waals surface area contributed by atoms with Crippen LogP contribution in [-0.2, 0) is 6.54 Å². The number of hydrogen-bond acceptors (Lipinski definition) is 4. The lowest BCUT2D eigenvalue weighted by Gasteiger charge is -2.25. The van der Waals surface area contributed by atoms with Crippen LogP contribution in [0.15, 0.2) is 79.1 Å². The Morgan fingerprint density at radius 3 is 2.55 bits per heavy atom. The number of imidazole rings is 1. The lowest BCUT2D eigenvalue weighted by molar-refractivity contribution is 0.0992. The van der Waals surface area contributed by atoms with Gasteiger partial charge in [-0.25, -0.2) is 4.98 Å². The predicted molar refractivity (Wildman–Crippen MR) is 122 cm³/mol. The third-order valence-corrected chi connectivity index (χ3v) is 5.59. The molecule has 0 radical (unpaired) electrons. The Hall–Kier alpha value is -3.77. The van der Waals surface area contributed by atoms with E-state index in [-0.39, 0.29) is 11.7 Å². The molecule has 6 nitrogen and oxygen atoms in total. The molecule has 0 saturated heterocycles. The Morgan fingerprint density at radius 1 is 0.968 bits per heavy atom. The van der Waals surface area contributed by atoms with Gasteiger partial charge in [-0.2, -0.15) is 0 Å². The Kier molecular flexibility index (Phi) is 4.64. The summed E-state index contributed by atoms with van der Waals surface area (Å²) in [6.07, 6.45) is 1.66. The highest BCUT2D eigenvalue weighted by atomic mass is 35.5. The fraction of sp³-hybridized carbons (Fsp3) is 0.0833. The summed E-state index contributed by atoms with van der Waals surface area (Å²) in [6, 6.07) is 22.0. The highest BCUT2D eigenvalue weighted by molar-refractivity contribution is 6.31. The molecule has 7 heteroatoms. The number of nitrogens with zero attached hydrogens (tertiary/aromatic N) is 4. The van der Waals surface area contributed by atoms with E-state index in [2.05, 4.69) is 4.98 Å². The number of para-hydroxylation sites is 1. The Morgan fingerprint density at radius 2 is 1.77 bits per heavy atom. The second kappa shape index (κ2) is 7.49. The van der Waals surface area contributed by atoms with Gasteiger partial charge in [0.1, 0.15) is 5.75 Å². The van der Waals surface area contributed by atoms with E-state index in [1.807, 2.05) is 59.0 Å². The number of phenolic OH excluding ortho intramolecular Hbond substituents is 1. The smallest absolute Gasteiger partial charge is 0.283 e. The number of carbonyl (C=O) groups is 1. The predicted octanol–water partition coefficient (Wildman–Crippen LogP) is 5.35. The largest absolute Gasteiger partial charge is 0.508 e. The van der Waals surface area contributed by atoms with Crippen molar-refractivity contribution in [1.29, 1.82) is 0 Å². The van der Waals surface area contributed by atoms with Crippen molar-refractivity contribution < 1.29 is 9.90 Å². The second-order valence-electron chi connectivity index (χ2n) is 7.38. The average Bonchev–Trinajstić information content (AvgIpc) is 3.14. The summed E-state index contributed by atoms with van der Waals surface area (Å²) in [5.41, 5.74) is 3.58. The number of anilines is 4. The number of aromatic nitrogens is 2. The van der Waals surface area contributed by atoms with Gasteiger partial charge in [0.25, 0.3) is 5.91 Å². The zero-order valence-corrected chi connectivity index (χ0v) is 17.5. The van der Waals surface area contributed by atoms with Gasteiger partial charge in [0.2, 0.25) is 0 Å². The maximum absolute atomic E-state index is 13.9. The lowest BCUT2D eigenvalue weighted by atomic mass is 10.2. The molecule has 1 aliphatic rings. The first kappa shape index (κ1) is 19.2. The van der Waals surface area contributed by atoms with Crippen LogP contribution in [0.4, 0.5) is 22.9 Å². The van der Waals surface area contributed by atoms with Gasteiger partial charge < -0.3 is 14.6 Å². The first-order chi connectivity index (χ1) is 15.0. The van der Waals surface area contributed by atoms with Crippen LogP contribution in [0.2, 0.25) is 5.02 Å². The number of amides is 1. The van der Waals surface area contributed by atoms with E-state index in [1.165, 1.54) is 0 Å². The van der Waals surface area contributed by atoms with Crippen molar-refractivity contribution in [2.24, 2.45) is 0 Å². The summed E-state index contributed by atoms with van der Waals surface area (Å²) < 4.78 is 1.81. The monoisotopic (exact) mass is 430 g/mol. The third kappa shape index (κ3) is 3.31. The Labute approximate surface area is 184 Å². The number of benzene rings is 3. The molecule has 1 aromatic heterocycles. The van der Waals surface area contributed by atoms with E-state index in [4.69, 9.17) is 11.6 Å². The fourth-order valence-electron chi connectivity index (χ4n) is 3.93. The molecule has 0 atom stereocenters. The van der Waals surface area contributed by atoms with Crippen molar-refractivity contribution >= 4 is 40.4 Å². The molecule has 0 aliphatic carbocycles. The SMILES string of the molecule is CN1c2ccc(Cl)cc2N(c2ccccc2)C(=O)c2c1ncn2Cc1cccc(O)c1. The zero-order chi connectivity index (χ0) is 21.5. The molecule has 0 fully saturated rings. The number of carbonyl (C=O) groups excluding carboxylic acids is 1. The molecule has 1 N–H and O–H groups in total. The standard InChI is InChI=1S/C24H19ClN4O2/c1-27-20-11-10-17(25)13-21(20)29(18-7-3-2-4-8-18)24(31)22-23(27)26-15-28(22)14-16-6-5-9-19(30)12-16/h2-13,15,30H,14H2,1H3. The van der Waals surface area contributed by atoms with E-state index in [1.54, 1.807) is 41.6 Å². The molecule has 0 spiro atoms. The van der Waals surface area contributed by atoms with Crippen LogP contribution in [-0.4, -0.2) is 27.6 Å². The maximum Gasteiger partial charge on any atom is 0.283 e. The zero-order valence-electron chi connectivity index (χ0n) is 16.7. The highest BCUT2D eigenvalue weighted by Crippen LogP contribution is 2.43. The molecule has 1 amide bonds. The summed E-state index contributed by atoms with van der Waals surface area (Å²) >= 11 is 6.32.